The first-order valence-corrected chi connectivity index (χ1v) is 7.36. The van der Waals surface area contributed by atoms with Crippen LogP contribution in [0.4, 0.5) is 0 Å². The molecule has 1 N–H and O–H groups in total. The fraction of sp³-hybridized carbons (Fsp3) is 0.357. The Morgan fingerprint density at radius 1 is 1.29 bits per heavy atom. The molecular formula is C14H13NO5S. The van der Waals surface area contributed by atoms with Gasteiger partial charge in [0.05, 0.1) is 19.6 Å². The number of rotatable bonds is 4. The van der Waals surface area contributed by atoms with Crippen LogP contribution < -0.4 is 0 Å². The molecule has 6 nitrogen and oxygen atoms in total. The smallest absolute Gasteiger partial charge is 0.305 e. The maximum Gasteiger partial charge on any atom is 0.305 e. The number of ether oxygens (including phenoxy) is 2. The summed E-state index contributed by atoms with van der Waals surface area (Å²) in [7, 11) is 0. The van der Waals surface area contributed by atoms with Gasteiger partial charge in [-0.1, -0.05) is 36.0 Å². The molecule has 0 aromatic heterocycles. The lowest BCUT2D eigenvalue weighted by molar-refractivity contribution is -0.138. The molecule has 2 aliphatic rings. The molecule has 3 rings (SSSR count). The van der Waals surface area contributed by atoms with E-state index in [2.05, 4.69) is 4.99 Å². The largest absolute Gasteiger partial charge is 0.481 e. The number of hydrogen-bond acceptors (Lipinski definition) is 5. The third-order valence-electron chi connectivity index (χ3n) is 3.15. The standard InChI is InChI=1S/C14H13NO5S/c16-11(17)7-10-12(18)15-13(21-10)8-1-3-9(4-2-8)14-19-5-6-20-14/h1-4,10,14H,5-7H2,(H,16,17). The molecule has 0 bridgehead atoms. The molecule has 1 fully saturated rings. The topological polar surface area (TPSA) is 85.2 Å². The highest BCUT2D eigenvalue weighted by Gasteiger charge is 2.31. The summed E-state index contributed by atoms with van der Waals surface area (Å²) >= 11 is 1.20. The summed E-state index contributed by atoms with van der Waals surface area (Å²) in [6.07, 6.45) is -0.545. The van der Waals surface area contributed by atoms with E-state index >= 15 is 0 Å². The zero-order valence-electron chi connectivity index (χ0n) is 11.0. The molecule has 1 unspecified atom stereocenters. The second-order valence-corrected chi connectivity index (χ2v) is 5.85. The lowest BCUT2D eigenvalue weighted by Gasteiger charge is -2.10. The molecule has 110 valence electrons. The van der Waals surface area contributed by atoms with Gasteiger partial charge in [-0.05, 0) is 0 Å². The van der Waals surface area contributed by atoms with Crippen molar-refractivity contribution in [1.82, 2.24) is 0 Å². The molecule has 1 atom stereocenters. The number of thioether (sulfide) groups is 1. The zero-order chi connectivity index (χ0) is 14.8. The summed E-state index contributed by atoms with van der Waals surface area (Å²) in [4.78, 5) is 26.3. The molecule has 1 amide bonds. The number of hydrogen-bond donors (Lipinski definition) is 1. The second kappa shape index (κ2) is 5.97. The minimum absolute atomic E-state index is 0.210. The molecule has 7 heteroatoms. The van der Waals surface area contributed by atoms with Gasteiger partial charge in [-0.25, -0.2) is 4.99 Å². The van der Waals surface area contributed by atoms with Crippen molar-refractivity contribution in [2.75, 3.05) is 13.2 Å². The molecule has 1 aromatic rings. The van der Waals surface area contributed by atoms with Crippen LogP contribution in [0.3, 0.4) is 0 Å². The van der Waals surface area contributed by atoms with Gasteiger partial charge in [0, 0.05) is 11.1 Å². The number of nitrogens with zero attached hydrogens (tertiary/aromatic N) is 1. The van der Waals surface area contributed by atoms with Gasteiger partial charge in [0.25, 0.3) is 5.91 Å². The van der Waals surface area contributed by atoms with Crippen LogP contribution >= 0.6 is 11.8 Å². The molecule has 21 heavy (non-hydrogen) atoms. The van der Waals surface area contributed by atoms with Gasteiger partial charge in [-0.3, -0.25) is 9.59 Å². The van der Waals surface area contributed by atoms with E-state index in [9.17, 15) is 9.59 Å². The summed E-state index contributed by atoms with van der Waals surface area (Å²) in [5.41, 5.74) is 1.70. The van der Waals surface area contributed by atoms with Gasteiger partial charge < -0.3 is 14.6 Å². The van der Waals surface area contributed by atoms with Crippen LogP contribution in [0.15, 0.2) is 29.3 Å². The monoisotopic (exact) mass is 307 g/mol. The van der Waals surface area contributed by atoms with E-state index in [1.807, 2.05) is 24.3 Å². The number of amides is 1. The number of aliphatic imine (C=N–C) groups is 1. The Morgan fingerprint density at radius 3 is 2.57 bits per heavy atom. The summed E-state index contributed by atoms with van der Waals surface area (Å²) in [5.74, 6) is -1.38. The highest BCUT2D eigenvalue weighted by molar-refractivity contribution is 8.16. The summed E-state index contributed by atoms with van der Waals surface area (Å²) in [6.45, 7) is 1.17. The first kappa shape index (κ1) is 14.2. The SMILES string of the molecule is O=C(O)CC1SC(c2ccc(C3OCCO3)cc2)=NC1=O. The van der Waals surface area contributed by atoms with Crippen molar-refractivity contribution < 1.29 is 24.2 Å². The van der Waals surface area contributed by atoms with Crippen molar-refractivity contribution in [3.05, 3.63) is 35.4 Å². The van der Waals surface area contributed by atoms with E-state index in [4.69, 9.17) is 14.6 Å². The third-order valence-corrected chi connectivity index (χ3v) is 4.36. The van der Waals surface area contributed by atoms with E-state index in [1.165, 1.54) is 11.8 Å². The van der Waals surface area contributed by atoms with Gasteiger partial charge in [0.1, 0.15) is 10.3 Å². The molecule has 0 spiro atoms. The predicted molar refractivity (Wildman–Crippen MR) is 76.3 cm³/mol. The number of carbonyl (C=O) groups is 2. The van der Waals surface area contributed by atoms with Gasteiger partial charge in [-0.2, -0.15) is 0 Å². The number of benzene rings is 1. The summed E-state index contributed by atoms with van der Waals surface area (Å²) in [6, 6.07) is 7.40. The Balaban J connectivity index is 1.71. The van der Waals surface area contributed by atoms with E-state index < -0.39 is 11.2 Å². The highest BCUT2D eigenvalue weighted by Crippen LogP contribution is 2.30. The maximum absolute atomic E-state index is 11.7. The minimum Gasteiger partial charge on any atom is -0.481 e. The number of carbonyl (C=O) groups excluding carboxylic acids is 1. The van der Waals surface area contributed by atoms with Crippen LogP contribution in [0.2, 0.25) is 0 Å². The molecule has 1 aromatic carbocycles. The fourth-order valence-electron chi connectivity index (χ4n) is 2.14. The molecule has 0 radical (unpaired) electrons. The predicted octanol–water partition coefficient (Wildman–Crippen LogP) is 1.60. The lowest BCUT2D eigenvalue weighted by atomic mass is 10.1. The Kier molecular flexibility index (Phi) is 4.05. The average molecular weight is 307 g/mol. The fourth-order valence-corrected chi connectivity index (χ4v) is 3.20. The quantitative estimate of drug-likeness (QED) is 0.909. The van der Waals surface area contributed by atoms with Gasteiger partial charge in [0.15, 0.2) is 6.29 Å². The molecule has 1 saturated heterocycles. The normalized spacial score (nSPS) is 22.6. The first-order valence-electron chi connectivity index (χ1n) is 6.48. The van der Waals surface area contributed by atoms with E-state index in [0.717, 1.165) is 11.1 Å². The molecule has 0 aliphatic carbocycles. The van der Waals surface area contributed by atoms with Crippen LogP contribution in [0.1, 0.15) is 23.8 Å². The number of carboxylic acid groups (broad SMARTS) is 1. The van der Waals surface area contributed by atoms with E-state index in [0.29, 0.717) is 18.3 Å². The highest BCUT2D eigenvalue weighted by atomic mass is 32.2. The molecular weight excluding hydrogens is 294 g/mol. The van der Waals surface area contributed by atoms with Crippen molar-refractivity contribution in [1.29, 1.82) is 0 Å². The van der Waals surface area contributed by atoms with Gasteiger partial charge >= 0.3 is 5.97 Å². The first-order chi connectivity index (χ1) is 10.1. The number of carboxylic acids is 1. The molecule has 0 saturated carbocycles. The summed E-state index contributed by atoms with van der Waals surface area (Å²) < 4.78 is 10.8. The minimum atomic E-state index is -0.997. The Morgan fingerprint density at radius 2 is 1.95 bits per heavy atom. The van der Waals surface area contributed by atoms with Crippen molar-refractivity contribution >= 4 is 28.7 Å². The Labute approximate surface area is 125 Å². The lowest BCUT2D eigenvalue weighted by Crippen LogP contribution is -2.15. The Bertz CT molecular complexity index is 592. The van der Waals surface area contributed by atoms with Crippen molar-refractivity contribution in [2.24, 2.45) is 4.99 Å². The number of aliphatic carboxylic acids is 1. The van der Waals surface area contributed by atoms with Crippen LogP contribution in [0.25, 0.3) is 0 Å². The Hall–Kier alpha value is -1.70. The third kappa shape index (κ3) is 3.15. The maximum atomic E-state index is 11.7. The van der Waals surface area contributed by atoms with Crippen molar-refractivity contribution in [3.8, 4) is 0 Å². The van der Waals surface area contributed by atoms with Crippen molar-refractivity contribution in [3.63, 3.8) is 0 Å². The van der Waals surface area contributed by atoms with Gasteiger partial charge in [-0.15, -0.1) is 0 Å². The van der Waals surface area contributed by atoms with Gasteiger partial charge in [0.2, 0.25) is 0 Å². The zero-order valence-corrected chi connectivity index (χ0v) is 11.8. The van der Waals surface area contributed by atoms with Crippen LogP contribution in [-0.2, 0) is 19.1 Å². The average Bonchev–Trinajstić information content (AvgIpc) is 3.09. The van der Waals surface area contributed by atoms with Crippen LogP contribution in [0, 0.1) is 0 Å². The summed E-state index contributed by atoms with van der Waals surface area (Å²) in [5, 5.41) is 8.70. The molecule has 2 aliphatic heterocycles. The van der Waals surface area contributed by atoms with Crippen LogP contribution in [0.5, 0.6) is 0 Å². The van der Waals surface area contributed by atoms with Crippen LogP contribution in [-0.4, -0.2) is 40.5 Å². The molecule has 2 heterocycles. The van der Waals surface area contributed by atoms with Crippen molar-refractivity contribution in [2.45, 2.75) is 18.0 Å². The van der Waals surface area contributed by atoms with E-state index in [1.54, 1.807) is 0 Å². The second-order valence-electron chi connectivity index (χ2n) is 4.66. The van der Waals surface area contributed by atoms with E-state index in [-0.39, 0.29) is 18.6 Å².